The summed E-state index contributed by atoms with van der Waals surface area (Å²) in [4.78, 5) is 26.3. The Hall–Kier alpha value is -3.76. The second kappa shape index (κ2) is 10.5. The standard InChI is InChI=1S/C26H27FN4O4S/c1-29(2)36(34,35)31(24-7-4-3-6-23(24)27)18-19-9-11-20(12-10-19)26(33)28-21-13-15-22(16-14-21)30-17-5-8-25(30)32/h3-4,6-7,9-16H,5,8,17-18H2,1-2H3,(H,28,33). The van der Waals surface area contributed by atoms with Gasteiger partial charge in [0.2, 0.25) is 5.91 Å². The molecule has 1 saturated heterocycles. The first-order chi connectivity index (χ1) is 17.2. The van der Waals surface area contributed by atoms with Crippen LogP contribution < -0.4 is 14.5 Å². The van der Waals surface area contributed by atoms with Crippen molar-refractivity contribution < 1.29 is 22.4 Å². The van der Waals surface area contributed by atoms with Crippen LogP contribution in [0, 0.1) is 5.82 Å². The highest BCUT2D eigenvalue weighted by molar-refractivity contribution is 7.90. The van der Waals surface area contributed by atoms with Crippen molar-refractivity contribution in [2.24, 2.45) is 0 Å². The molecule has 1 aliphatic rings. The average Bonchev–Trinajstić information content (AvgIpc) is 3.29. The molecule has 1 heterocycles. The number of benzene rings is 3. The number of hydrogen-bond acceptors (Lipinski definition) is 4. The minimum absolute atomic E-state index is 0.0629. The van der Waals surface area contributed by atoms with Crippen LogP contribution >= 0.6 is 0 Å². The van der Waals surface area contributed by atoms with Gasteiger partial charge in [-0.15, -0.1) is 0 Å². The largest absolute Gasteiger partial charge is 0.322 e. The zero-order valence-corrected chi connectivity index (χ0v) is 20.8. The van der Waals surface area contributed by atoms with Crippen LogP contribution in [-0.4, -0.2) is 45.2 Å². The zero-order valence-electron chi connectivity index (χ0n) is 20.0. The number of carbonyl (C=O) groups excluding carboxylic acids is 2. The fraction of sp³-hybridized carbons (Fsp3) is 0.231. The smallest absolute Gasteiger partial charge is 0.303 e. The Balaban J connectivity index is 1.47. The van der Waals surface area contributed by atoms with Crippen LogP contribution in [0.3, 0.4) is 0 Å². The average molecular weight is 511 g/mol. The van der Waals surface area contributed by atoms with E-state index < -0.39 is 16.0 Å². The molecule has 10 heteroatoms. The number of rotatable bonds is 8. The lowest BCUT2D eigenvalue weighted by atomic mass is 10.1. The first-order valence-electron chi connectivity index (χ1n) is 11.4. The monoisotopic (exact) mass is 510 g/mol. The first kappa shape index (κ1) is 25.3. The van der Waals surface area contributed by atoms with Gasteiger partial charge in [0.25, 0.3) is 5.91 Å². The number of hydrogen-bond donors (Lipinski definition) is 1. The molecule has 188 valence electrons. The molecule has 36 heavy (non-hydrogen) atoms. The number of nitrogens with one attached hydrogen (secondary N) is 1. The molecular weight excluding hydrogens is 483 g/mol. The third-order valence-electron chi connectivity index (χ3n) is 5.91. The maximum atomic E-state index is 14.4. The quantitative estimate of drug-likeness (QED) is 0.496. The zero-order chi connectivity index (χ0) is 25.9. The highest BCUT2D eigenvalue weighted by atomic mass is 32.2. The molecule has 4 rings (SSSR count). The summed E-state index contributed by atoms with van der Waals surface area (Å²) in [6.45, 7) is 0.584. The summed E-state index contributed by atoms with van der Waals surface area (Å²) < 4.78 is 42.2. The Morgan fingerprint density at radius 2 is 1.67 bits per heavy atom. The van der Waals surface area contributed by atoms with E-state index in [1.54, 1.807) is 59.5 Å². The fourth-order valence-electron chi connectivity index (χ4n) is 3.92. The van der Waals surface area contributed by atoms with Crippen molar-refractivity contribution in [1.29, 1.82) is 0 Å². The number of anilines is 3. The van der Waals surface area contributed by atoms with Crippen molar-refractivity contribution in [3.05, 3.63) is 89.7 Å². The van der Waals surface area contributed by atoms with Gasteiger partial charge in [0.05, 0.1) is 12.2 Å². The van der Waals surface area contributed by atoms with Crippen molar-refractivity contribution in [2.45, 2.75) is 19.4 Å². The van der Waals surface area contributed by atoms with Gasteiger partial charge >= 0.3 is 10.2 Å². The Bertz CT molecular complexity index is 1360. The second-order valence-corrected chi connectivity index (χ2v) is 10.7. The highest BCUT2D eigenvalue weighted by Gasteiger charge is 2.27. The summed E-state index contributed by atoms with van der Waals surface area (Å²) in [5.74, 6) is -0.892. The third kappa shape index (κ3) is 5.39. The number of amides is 2. The van der Waals surface area contributed by atoms with E-state index in [1.165, 1.54) is 32.3 Å². The maximum absolute atomic E-state index is 14.4. The van der Waals surface area contributed by atoms with E-state index in [1.807, 2.05) is 0 Å². The van der Waals surface area contributed by atoms with Gasteiger partial charge in [-0.1, -0.05) is 24.3 Å². The lowest BCUT2D eigenvalue weighted by molar-refractivity contribution is -0.117. The van der Waals surface area contributed by atoms with Crippen LogP contribution in [0.15, 0.2) is 72.8 Å². The molecule has 3 aromatic carbocycles. The summed E-state index contributed by atoms with van der Waals surface area (Å²) in [5, 5.41) is 2.82. The van der Waals surface area contributed by atoms with Crippen molar-refractivity contribution in [2.75, 3.05) is 35.2 Å². The summed E-state index contributed by atoms with van der Waals surface area (Å²) in [6.07, 6.45) is 1.39. The molecule has 0 atom stereocenters. The molecular formula is C26H27FN4O4S. The first-order valence-corrected chi connectivity index (χ1v) is 12.8. The highest BCUT2D eigenvalue weighted by Crippen LogP contribution is 2.26. The van der Waals surface area contributed by atoms with Gasteiger partial charge in [-0.2, -0.15) is 12.7 Å². The molecule has 0 unspecified atom stereocenters. The lowest BCUT2D eigenvalue weighted by Crippen LogP contribution is -2.40. The molecule has 1 aliphatic heterocycles. The molecule has 8 nitrogen and oxygen atoms in total. The Morgan fingerprint density at radius 3 is 2.25 bits per heavy atom. The molecule has 3 aromatic rings. The van der Waals surface area contributed by atoms with E-state index in [-0.39, 0.29) is 24.0 Å². The number of carbonyl (C=O) groups is 2. The van der Waals surface area contributed by atoms with Crippen LogP contribution in [0.5, 0.6) is 0 Å². The van der Waals surface area contributed by atoms with E-state index in [0.29, 0.717) is 29.8 Å². The summed E-state index contributed by atoms with van der Waals surface area (Å²) >= 11 is 0. The van der Waals surface area contributed by atoms with Crippen LogP contribution in [0.2, 0.25) is 0 Å². The van der Waals surface area contributed by atoms with Gasteiger partial charge in [0, 0.05) is 44.0 Å². The lowest BCUT2D eigenvalue weighted by Gasteiger charge is -2.27. The molecule has 1 N–H and O–H groups in total. The molecule has 0 aliphatic carbocycles. The molecule has 0 saturated carbocycles. The van der Waals surface area contributed by atoms with Crippen LogP contribution in [-0.2, 0) is 21.5 Å². The van der Waals surface area contributed by atoms with Crippen molar-refractivity contribution in [3.8, 4) is 0 Å². The van der Waals surface area contributed by atoms with Gasteiger partial charge in [0.15, 0.2) is 0 Å². The van der Waals surface area contributed by atoms with Gasteiger partial charge < -0.3 is 10.2 Å². The molecule has 2 amide bonds. The fourth-order valence-corrected chi connectivity index (χ4v) is 5.02. The minimum atomic E-state index is -3.97. The van der Waals surface area contributed by atoms with E-state index in [2.05, 4.69) is 5.32 Å². The molecule has 0 spiro atoms. The van der Waals surface area contributed by atoms with Gasteiger partial charge in [-0.3, -0.25) is 13.9 Å². The van der Waals surface area contributed by atoms with Crippen molar-refractivity contribution >= 4 is 39.1 Å². The van der Waals surface area contributed by atoms with Crippen LogP contribution in [0.1, 0.15) is 28.8 Å². The minimum Gasteiger partial charge on any atom is -0.322 e. The van der Waals surface area contributed by atoms with E-state index in [9.17, 15) is 22.4 Å². The summed E-state index contributed by atoms with van der Waals surface area (Å²) in [6, 6.07) is 19.2. The molecule has 0 bridgehead atoms. The number of para-hydroxylation sites is 1. The predicted molar refractivity (Wildman–Crippen MR) is 138 cm³/mol. The number of halogens is 1. The Kier molecular flexibility index (Phi) is 7.37. The second-order valence-electron chi connectivity index (χ2n) is 8.60. The SMILES string of the molecule is CN(C)S(=O)(=O)N(Cc1ccc(C(=O)Nc2ccc(N3CCCC3=O)cc2)cc1)c1ccccc1F. The Morgan fingerprint density at radius 1 is 1.00 bits per heavy atom. The maximum Gasteiger partial charge on any atom is 0.303 e. The normalized spacial score (nSPS) is 13.8. The van der Waals surface area contributed by atoms with Crippen molar-refractivity contribution in [3.63, 3.8) is 0 Å². The van der Waals surface area contributed by atoms with E-state index in [4.69, 9.17) is 0 Å². The third-order valence-corrected chi connectivity index (χ3v) is 7.72. The van der Waals surface area contributed by atoms with E-state index >= 15 is 0 Å². The van der Waals surface area contributed by atoms with E-state index in [0.717, 1.165) is 20.7 Å². The predicted octanol–water partition coefficient (Wildman–Crippen LogP) is 4.02. The summed E-state index contributed by atoms with van der Waals surface area (Å²) in [5.41, 5.74) is 2.28. The molecule has 0 aromatic heterocycles. The molecule has 0 radical (unpaired) electrons. The summed E-state index contributed by atoms with van der Waals surface area (Å²) in [7, 11) is -1.21. The topological polar surface area (TPSA) is 90.0 Å². The van der Waals surface area contributed by atoms with Crippen molar-refractivity contribution in [1.82, 2.24) is 4.31 Å². The van der Waals surface area contributed by atoms with Crippen LogP contribution in [0.25, 0.3) is 0 Å². The van der Waals surface area contributed by atoms with Gasteiger partial charge in [-0.05, 0) is 60.5 Å². The van der Waals surface area contributed by atoms with Gasteiger partial charge in [0.1, 0.15) is 5.82 Å². The Labute approximate surface area is 210 Å². The molecule has 1 fully saturated rings. The number of nitrogens with zero attached hydrogens (tertiary/aromatic N) is 3. The van der Waals surface area contributed by atoms with Crippen LogP contribution in [0.4, 0.5) is 21.5 Å². The van der Waals surface area contributed by atoms with Gasteiger partial charge in [-0.25, -0.2) is 4.39 Å².